The van der Waals surface area contributed by atoms with Gasteiger partial charge >= 0.3 is 0 Å². The van der Waals surface area contributed by atoms with Crippen LogP contribution in [0.3, 0.4) is 0 Å². The lowest BCUT2D eigenvalue weighted by molar-refractivity contribution is 0.0263. The maximum absolute atomic E-state index is 2.58. The highest BCUT2D eigenvalue weighted by atomic mass is 14.8. The molecule has 0 amide bonds. The van der Waals surface area contributed by atoms with Gasteiger partial charge in [0.25, 0.3) is 0 Å². The van der Waals surface area contributed by atoms with Crippen LogP contribution in [-0.4, -0.2) is 0 Å². The smallest absolute Gasteiger partial charge is 0.00993 e. The fourth-order valence-electron chi connectivity index (χ4n) is 12.7. The Balaban J connectivity index is 1.01. The van der Waals surface area contributed by atoms with Crippen LogP contribution in [0.2, 0.25) is 0 Å². The summed E-state index contributed by atoms with van der Waals surface area (Å²) in [6.07, 6.45) is 7.62. The predicted molar refractivity (Wildman–Crippen MR) is 151 cm³/mol. The number of rotatable bonds is 2. The van der Waals surface area contributed by atoms with Gasteiger partial charge in [0, 0.05) is 0 Å². The summed E-state index contributed by atoms with van der Waals surface area (Å²) in [5.41, 5.74) is 3.37. The van der Waals surface area contributed by atoms with Crippen molar-refractivity contribution in [3.8, 4) is 0 Å². The first-order valence-corrected chi connectivity index (χ1v) is 15.3. The molecule has 0 radical (unpaired) electrons. The van der Waals surface area contributed by atoms with E-state index in [1.165, 1.54) is 47.2 Å². The highest BCUT2D eigenvalue weighted by Crippen LogP contribution is 2.80. The van der Waals surface area contributed by atoms with E-state index in [0.717, 1.165) is 71.0 Å². The first-order chi connectivity index (χ1) is 18.3. The van der Waals surface area contributed by atoms with Crippen LogP contribution in [0.1, 0.15) is 55.1 Å². The normalized spacial score (nSPS) is 44.2. The van der Waals surface area contributed by atoms with E-state index in [4.69, 9.17) is 0 Å². The second-order valence-electron chi connectivity index (χ2n) is 13.9. The Hall–Kier alpha value is -2.60. The third kappa shape index (κ3) is 2.47. The standard InChI is InChI=1S/C37H36/c1-3-7-22-17-24(11-9-20(22)5-1)32-26-13-14-27(32)35-31-19-30(34(26)35)36-28-15-16-29(37(31)36)33(28)25-12-10-21-6-2-4-8-23(21)18-25/h1-12,17-18,26-37H,13-16,19H2/t26-,27+,28+,29-,30?,31?,32?,33?,34+,35-,36-,37+. The first-order valence-electron chi connectivity index (χ1n) is 15.3. The molecule has 6 aliphatic rings. The monoisotopic (exact) mass is 480 g/mol. The van der Waals surface area contributed by atoms with Gasteiger partial charge in [-0.1, -0.05) is 84.9 Å². The lowest BCUT2D eigenvalue weighted by Gasteiger charge is -2.45. The Morgan fingerprint density at radius 3 is 1.16 bits per heavy atom. The first kappa shape index (κ1) is 20.4. The maximum atomic E-state index is 2.58. The molecule has 0 nitrogen and oxygen atoms in total. The highest BCUT2D eigenvalue weighted by Gasteiger charge is 2.73. The van der Waals surface area contributed by atoms with Crippen LogP contribution in [-0.2, 0) is 0 Å². The largest absolute Gasteiger partial charge is 0.0616 e. The van der Waals surface area contributed by atoms with E-state index >= 15 is 0 Å². The molecule has 6 saturated carbocycles. The molecule has 184 valence electrons. The molecule has 0 heterocycles. The molecule has 6 bridgehead atoms. The zero-order valence-corrected chi connectivity index (χ0v) is 21.5. The molecule has 0 spiro atoms. The second kappa shape index (κ2) is 7.07. The van der Waals surface area contributed by atoms with Gasteiger partial charge in [-0.15, -0.1) is 0 Å². The quantitative estimate of drug-likeness (QED) is 0.251. The van der Waals surface area contributed by atoms with Crippen molar-refractivity contribution in [1.29, 1.82) is 0 Å². The fourth-order valence-corrected chi connectivity index (χ4v) is 12.7. The Kier molecular flexibility index (Phi) is 3.90. The van der Waals surface area contributed by atoms with Crippen LogP contribution in [0.15, 0.2) is 84.9 Å². The Morgan fingerprint density at radius 2 is 0.757 bits per heavy atom. The number of benzene rings is 4. The fraction of sp³-hybridized carbons (Fsp3) is 0.459. The number of hydrogen-bond donors (Lipinski definition) is 0. The zero-order valence-electron chi connectivity index (χ0n) is 21.5. The van der Waals surface area contributed by atoms with E-state index in [2.05, 4.69) is 84.9 Å². The van der Waals surface area contributed by atoms with Crippen molar-refractivity contribution in [3.05, 3.63) is 96.1 Å². The lowest BCUT2D eigenvalue weighted by atomic mass is 9.60. The average molecular weight is 481 g/mol. The van der Waals surface area contributed by atoms with Crippen LogP contribution in [0.25, 0.3) is 21.5 Å². The van der Waals surface area contributed by atoms with Crippen molar-refractivity contribution < 1.29 is 0 Å². The summed E-state index contributed by atoms with van der Waals surface area (Å²) >= 11 is 0. The van der Waals surface area contributed by atoms with Crippen molar-refractivity contribution in [2.24, 2.45) is 59.2 Å². The van der Waals surface area contributed by atoms with E-state index in [-0.39, 0.29) is 0 Å². The minimum Gasteiger partial charge on any atom is -0.0616 e. The molecule has 6 aliphatic carbocycles. The Labute approximate surface area is 220 Å². The van der Waals surface area contributed by atoms with E-state index in [0.29, 0.717) is 0 Å². The van der Waals surface area contributed by atoms with Gasteiger partial charge in [-0.25, -0.2) is 0 Å². The van der Waals surface area contributed by atoms with Crippen LogP contribution < -0.4 is 0 Å². The van der Waals surface area contributed by atoms with Crippen LogP contribution >= 0.6 is 0 Å². The van der Waals surface area contributed by atoms with Gasteiger partial charge in [0.1, 0.15) is 0 Å². The van der Waals surface area contributed by atoms with E-state index < -0.39 is 0 Å². The summed E-state index contributed by atoms with van der Waals surface area (Å²) in [5.74, 6) is 11.8. The van der Waals surface area contributed by atoms with Crippen molar-refractivity contribution in [2.75, 3.05) is 0 Å². The highest BCUT2D eigenvalue weighted by molar-refractivity contribution is 5.84. The van der Waals surface area contributed by atoms with Gasteiger partial charge in [-0.3, -0.25) is 0 Å². The van der Waals surface area contributed by atoms with E-state index in [1.807, 2.05) is 0 Å². The Bertz CT molecular complexity index is 1410. The molecule has 10 rings (SSSR count). The summed E-state index contributed by atoms with van der Waals surface area (Å²) in [7, 11) is 0. The summed E-state index contributed by atoms with van der Waals surface area (Å²) in [5, 5.41) is 5.71. The minimum absolute atomic E-state index is 0.845. The van der Waals surface area contributed by atoms with Gasteiger partial charge in [0.15, 0.2) is 0 Å². The van der Waals surface area contributed by atoms with Crippen LogP contribution in [0.4, 0.5) is 0 Å². The van der Waals surface area contributed by atoms with Crippen molar-refractivity contribution in [2.45, 2.75) is 43.9 Å². The Morgan fingerprint density at radius 1 is 0.378 bits per heavy atom. The van der Waals surface area contributed by atoms with Gasteiger partial charge in [0.2, 0.25) is 0 Å². The molecule has 0 saturated heterocycles. The minimum atomic E-state index is 0.845. The summed E-state index contributed by atoms with van der Waals surface area (Å²) in [6, 6.07) is 33.0. The molecule has 37 heavy (non-hydrogen) atoms. The van der Waals surface area contributed by atoms with Gasteiger partial charge in [-0.2, -0.15) is 0 Å². The molecule has 0 N–H and O–H groups in total. The van der Waals surface area contributed by atoms with Gasteiger partial charge in [0.05, 0.1) is 0 Å². The third-order valence-electron chi connectivity index (χ3n) is 13.2. The van der Waals surface area contributed by atoms with Gasteiger partial charge in [-0.05, 0) is 136 Å². The summed E-state index contributed by atoms with van der Waals surface area (Å²) < 4.78 is 0. The average Bonchev–Trinajstić information content (AvgIpc) is 3.78. The van der Waals surface area contributed by atoms with E-state index in [1.54, 1.807) is 17.5 Å². The third-order valence-corrected chi connectivity index (χ3v) is 13.2. The molecule has 12 atom stereocenters. The van der Waals surface area contributed by atoms with Crippen molar-refractivity contribution in [1.82, 2.24) is 0 Å². The van der Waals surface area contributed by atoms with Crippen LogP contribution in [0, 0.1) is 59.2 Å². The molecule has 6 fully saturated rings. The lowest BCUT2D eigenvalue weighted by Crippen LogP contribution is -2.40. The zero-order chi connectivity index (χ0) is 23.8. The summed E-state index contributed by atoms with van der Waals surface area (Å²) in [6.45, 7) is 0. The predicted octanol–water partition coefficient (Wildman–Crippen LogP) is 9.05. The van der Waals surface area contributed by atoms with Crippen molar-refractivity contribution >= 4 is 21.5 Å². The molecule has 0 heteroatoms. The van der Waals surface area contributed by atoms with Gasteiger partial charge < -0.3 is 0 Å². The summed E-state index contributed by atoms with van der Waals surface area (Å²) in [4.78, 5) is 0. The molecule has 0 aromatic heterocycles. The van der Waals surface area contributed by atoms with Crippen LogP contribution in [0.5, 0.6) is 0 Å². The topological polar surface area (TPSA) is 0 Å². The van der Waals surface area contributed by atoms with Crippen molar-refractivity contribution in [3.63, 3.8) is 0 Å². The molecule has 4 aromatic carbocycles. The molecule has 4 aromatic rings. The maximum Gasteiger partial charge on any atom is -0.00993 e. The number of fused-ring (bicyclic) bond motifs is 18. The van der Waals surface area contributed by atoms with E-state index in [9.17, 15) is 0 Å². The second-order valence-corrected chi connectivity index (χ2v) is 13.9. The molecule has 0 aliphatic heterocycles. The SMILES string of the molecule is c1ccc2cc(C3[C@H]4CC[C@@H]3[C@@H]3C5CC([C@@H]6[C@H]5[C@@H]5CC[C@H]6C5c5ccc6ccccc6c5)[C@@H]34)ccc2c1. The molecular formula is C37H36. The molecular weight excluding hydrogens is 444 g/mol. The molecule has 4 unspecified atom stereocenters. The number of hydrogen-bond acceptors (Lipinski definition) is 0.